The molecule has 2 aromatic carbocycles. The van der Waals surface area contributed by atoms with Crippen LogP contribution in [-0.4, -0.2) is 13.0 Å². The van der Waals surface area contributed by atoms with Crippen LogP contribution in [-0.2, 0) is 0 Å². The lowest BCUT2D eigenvalue weighted by atomic mass is 10.1. The van der Waals surface area contributed by atoms with Gasteiger partial charge in [-0.1, -0.05) is 30.3 Å². The standard InChI is InChI=1S/C17H16N2OS/c1-11-8-9-13-14(10-11)21-16(15(13)18)17(20)19(2)12-6-4-3-5-7-12/h3-10H,18H2,1-2H3. The van der Waals surface area contributed by atoms with Crippen molar-refractivity contribution in [2.75, 3.05) is 17.7 Å². The van der Waals surface area contributed by atoms with Gasteiger partial charge >= 0.3 is 0 Å². The molecule has 3 rings (SSSR count). The molecule has 2 N–H and O–H groups in total. The van der Waals surface area contributed by atoms with Gasteiger partial charge < -0.3 is 10.6 Å². The maximum absolute atomic E-state index is 12.7. The van der Waals surface area contributed by atoms with Crippen LogP contribution < -0.4 is 10.6 Å². The van der Waals surface area contributed by atoms with Crippen LogP contribution in [0.1, 0.15) is 15.2 Å². The predicted molar refractivity (Wildman–Crippen MR) is 90.1 cm³/mol. The molecule has 0 bridgehead atoms. The fourth-order valence-electron chi connectivity index (χ4n) is 2.30. The third-order valence-electron chi connectivity index (χ3n) is 3.53. The van der Waals surface area contributed by atoms with Crippen LogP contribution in [0.3, 0.4) is 0 Å². The van der Waals surface area contributed by atoms with Crippen molar-refractivity contribution in [1.29, 1.82) is 0 Å². The number of aryl methyl sites for hydroxylation is 1. The average molecular weight is 296 g/mol. The van der Waals surface area contributed by atoms with Gasteiger partial charge in [0.1, 0.15) is 4.88 Å². The minimum atomic E-state index is -0.0717. The summed E-state index contributed by atoms with van der Waals surface area (Å²) in [7, 11) is 1.77. The second kappa shape index (κ2) is 5.22. The number of carbonyl (C=O) groups excluding carboxylic acids is 1. The van der Waals surface area contributed by atoms with Gasteiger partial charge in [-0.25, -0.2) is 0 Å². The van der Waals surface area contributed by atoms with Crippen LogP contribution in [0, 0.1) is 6.92 Å². The third kappa shape index (κ3) is 2.38. The summed E-state index contributed by atoms with van der Waals surface area (Å²) >= 11 is 1.45. The Hall–Kier alpha value is -2.33. The second-order valence-corrected chi connectivity index (χ2v) is 6.10. The molecule has 0 unspecified atom stereocenters. The van der Waals surface area contributed by atoms with Gasteiger partial charge in [-0.05, 0) is 30.7 Å². The maximum Gasteiger partial charge on any atom is 0.270 e. The van der Waals surface area contributed by atoms with Crippen molar-refractivity contribution in [1.82, 2.24) is 0 Å². The molecule has 1 heterocycles. The van der Waals surface area contributed by atoms with Crippen LogP contribution in [0.4, 0.5) is 11.4 Å². The fourth-order valence-corrected chi connectivity index (χ4v) is 3.50. The van der Waals surface area contributed by atoms with Crippen LogP contribution in [0.2, 0.25) is 0 Å². The van der Waals surface area contributed by atoms with E-state index < -0.39 is 0 Å². The first kappa shape index (κ1) is 13.6. The second-order valence-electron chi connectivity index (χ2n) is 5.04. The van der Waals surface area contributed by atoms with Gasteiger partial charge in [0.25, 0.3) is 5.91 Å². The van der Waals surface area contributed by atoms with E-state index in [1.54, 1.807) is 11.9 Å². The highest BCUT2D eigenvalue weighted by molar-refractivity contribution is 7.21. The first-order valence-corrected chi connectivity index (χ1v) is 7.51. The lowest BCUT2D eigenvalue weighted by molar-refractivity contribution is 0.0997. The van der Waals surface area contributed by atoms with Gasteiger partial charge in [-0.2, -0.15) is 0 Å². The Labute approximate surface area is 127 Å². The number of benzene rings is 2. The third-order valence-corrected chi connectivity index (χ3v) is 4.68. The normalized spacial score (nSPS) is 10.8. The Kier molecular flexibility index (Phi) is 3.39. The summed E-state index contributed by atoms with van der Waals surface area (Å²) in [5.74, 6) is -0.0717. The molecule has 21 heavy (non-hydrogen) atoms. The highest BCUT2D eigenvalue weighted by atomic mass is 32.1. The quantitative estimate of drug-likeness (QED) is 0.775. The molecular formula is C17H16N2OS. The van der Waals surface area contributed by atoms with E-state index >= 15 is 0 Å². The van der Waals surface area contributed by atoms with E-state index in [-0.39, 0.29) is 5.91 Å². The number of nitrogens with two attached hydrogens (primary N) is 1. The van der Waals surface area contributed by atoms with E-state index in [4.69, 9.17) is 5.73 Å². The molecule has 0 spiro atoms. The molecule has 0 aliphatic heterocycles. The Morgan fingerprint density at radius 3 is 2.57 bits per heavy atom. The molecule has 0 aliphatic rings. The van der Waals surface area contributed by atoms with Crippen molar-refractivity contribution < 1.29 is 4.79 Å². The highest BCUT2D eigenvalue weighted by Gasteiger charge is 2.20. The lowest BCUT2D eigenvalue weighted by Gasteiger charge is -2.16. The topological polar surface area (TPSA) is 46.3 Å². The number of amides is 1. The number of carbonyl (C=O) groups is 1. The number of thiophene rings is 1. The van der Waals surface area contributed by atoms with Crippen molar-refractivity contribution in [2.24, 2.45) is 0 Å². The molecule has 0 saturated carbocycles. The highest BCUT2D eigenvalue weighted by Crippen LogP contribution is 2.35. The number of hydrogen-bond acceptors (Lipinski definition) is 3. The largest absolute Gasteiger partial charge is 0.397 e. The summed E-state index contributed by atoms with van der Waals surface area (Å²) in [6.07, 6.45) is 0. The van der Waals surface area contributed by atoms with E-state index in [0.717, 1.165) is 15.8 Å². The molecule has 0 saturated heterocycles. The molecule has 3 nitrogen and oxygen atoms in total. The van der Waals surface area contributed by atoms with Crippen LogP contribution in [0.15, 0.2) is 48.5 Å². The molecule has 1 aromatic heterocycles. The summed E-state index contributed by atoms with van der Waals surface area (Å²) in [5, 5.41) is 0.954. The summed E-state index contributed by atoms with van der Waals surface area (Å²) in [6.45, 7) is 2.03. The molecule has 0 radical (unpaired) electrons. The van der Waals surface area contributed by atoms with Crippen LogP contribution in [0.25, 0.3) is 10.1 Å². The predicted octanol–water partition coefficient (Wildman–Crippen LogP) is 4.07. The molecule has 0 aliphatic carbocycles. The zero-order chi connectivity index (χ0) is 15.0. The van der Waals surface area contributed by atoms with E-state index in [0.29, 0.717) is 10.6 Å². The maximum atomic E-state index is 12.7. The van der Waals surface area contributed by atoms with Gasteiger partial charge in [0.05, 0.1) is 5.69 Å². The molecule has 1 amide bonds. The number of para-hydroxylation sites is 1. The van der Waals surface area contributed by atoms with Gasteiger partial charge in [0.15, 0.2) is 0 Å². The fraction of sp³-hybridized carbons (Fsp3) is 0.118. The Morgan fingerprint density at radius 1 is 1.14 bits per heavy atom. The Balaban J connectivity index is 2.04. The van der Waals surface area contributed by atoms with Gasteiger partial charge in [0.2, 0.25) is 0 Å². The summed E-state index contributed by atoms with van der Waals surface area (Å²) in [6, 6.07) is 15.6. The lowest BCUT2D eigenvalue weighted by Crippen LogP contribution is -2.25. The summed E-state index contributed by atoms with van der Waals surface area (Å²) in [4.78, 5) is 14.9. The molecule has 106 valence electrons. The van der Waals surface area contributed by atoms with E-state index in [2.05, 4.69) is 6.07 Å². The van der Waals surface area contributed by atoms with Gasteiger partial charge in [-0.15, -0.1) is 11.3 Å². The number of hydrogen-bond donors (Lipinski definition) is 1. The van der Waals surface area contributed by atoms with Crippen LogP contribution >= 0.6 is 11.3 Å². The number of anilines is 2. The smallest absolute Gasteiger partial charge is 0.270 e. The summed E-state index contributed by atoms with van der Waals surface area (Å²) in [5.41, 5.74) is 8.76. The number of nitrogen functional groups attached to an aromatic ring is 1. The number of rotatable bonds is 2. The number of nitrogens with zero attached hydrogens (tertiary/aromatic N) is 1. The number of fused-ring (bicyclic) bond motifs is 1. The molecule has 0 atom stereocenters. The monoisotopic (exact) mass is 296 g/mol. The Bertz CT molecular complexity index is 808. The first-order valence-electron chi connectivity index (χ1n) is 6.69. The Morgan fingerprint density at radius 2 is 1.86 bits per heavy atom. The minimum absolute atomic E-state index is 0.0717. The first-order chi connectivity index (χ1) is 10.1. The van der Waals surface area contributed by atoms with Crippen molar-refractivity contribution in [2.45, 2.75) is 6.92 Å². The SMILES string of the molecule is Cc1ccc2c(N)c(C(=O)N(C)c3ccccc3)sc2c1. The van der Waals surface area contributed by atoms with Crippen LogP contribution in [0.5, 0.6) is 0 Å². The molecule has 4 heteroatoms. The van der Waals surface area contributed by atoms with Crippen molar-refractivity contribution >= 4 is 38.7 Å². The zero-order valence-corrected chi connectivity index (χ0v) is 12.8. The molecular weight excluding hydrogens is 280 g/mol. The zero-order valence-electron chi connectivity index (χ0n) is 12.0. The molecule has 3 aromatic rings. The van der Waals surface area contributed by atoms with Crippen molar-refractivity contribution in [3.05, 3.63) is 59.0 Å². The van der Waals surface area contributed by atoms with E-state index in [1.807, 2.05) is 49.4 Å². The average Bonchev–Trinajstić information content (AvgIpc) is 2.83. The summed E-state index contributed by atoms with van der Waals surface area (Å²) < 4.78 is 1.05. The van der Waals surface area contributed by atoms with Crippen molar-refractivity contribution in [3.8, 4) is 0 Å². The minimum Gasteiger partial charge on any atom is -0.397 e. The molecule has 0 fully saturated rings. The van der Waals surface area contributed by atoms with Gasteiger partial charge in [-0.3, -0.25) is 4.79 Å². The van der Waals surface area contributed by atoms with Crippen molar-refractivity contribution in [3.63, 3.8) is 0 Å². The van der Waals surface area contributed by atoms with E-state index in [1.165, 1.54) is 16.9 Å². The van der Waals surface area contributed by atoms with Gasteiger partial charge in [0, 0.05) is 22.8 Å². The van der Waals surface area contributed by atoms with E-state index in [9.17, 15) is 4.79 Å².